The number of halogens is 2. The summed E-state index contributed by atoms with van der Waals surface area (Å²) >= 11 is 8.93. The van der Waals surface area contributed by atoms with E-state index in [0.29, 0.717) is 15.9 Å². The molecule has 0 aromatic heterocycles. The molecule has 0 unspecified atom stereocenters. The Hall–Kier alpha value is -1.05. The number of nitriles is 1. The van der Waals surface area contributed by atoms with Crippen LogP contribution in [0.15, 0.2) is 12.1 Å². The highest BCUT2D eigenvalue weighted by Crippen LogP contribution is 2.25. The van der Waals surface area contributed by atoms with E-state index in [9.17, 15) is 4.79 Å². The van der Waals surface area contributed by atoms with Crippen LogP contribution >= 0.6 is 27.5 Å². The van der Waals surface area contributed by atoms with E-state index in [1.54, 1.807) is 0 Å². The molecule has 0 radical (unpaired) electrons. The van der Waals surface area contributed by atoms with E-state index in [4.69, 9.17) is 22.0 Å². The van der Waals surface area contributed by atoms with Gasteiger partial charge in [0, 0.05) is 10.4 Å². The SMILES string of the molecule is N#Cc1ccc(Cl)c(CBr)c1C(=O)O. The summed E-state index contributed by atoms with van der Waals surface area (Å²) < 4.78 is 0. The average molecular weight is 275 g/mol. The first-order valence-electron chi connectivity index (χ1n) is 3.62. The summed E-state index contributed by atoms with van der Waals surface area (Å²) in [5.41, 5.74) is 0.520. The Kier molecular flexibility index (Phi) is 3.50. The zero-order chi connectivity index (χ0) is 10.7. The Bertz CT molecular complexity index is 426. The number of hydrogen-bond acceptors (Lipinski definition) is 2. The van der Waals surface area contributed by atoms with Gasteiger partial charge in [-0.3, -0.25) is 0 Å². The van der Waals surface area contributed by atoms with Gasteiger partial charge in [-0.25, -0.2) is 4.79 Å². The third kappa shape index (κ3) is 1.89. The van der Waals surface area contributed by atoms with Crippen LogP contribution in [-0.2, 0) is 5.33 Å². The zero-order valence-electron chi connectivity index (χ0n) is 6.92. The third-order valence-corrected chi connectivity index (χ3v) is 2.64. The second-order valence-electron chi connectivity index (χ2n) is 2.50. The Morgan fingerprint density at radius 2 is 2.29 bits per heavy atom. The number of alkyl halides is 1. The number of rotatable bonds is 2. The molecule has 0 spiro atoms. The van der Waals surface area contributed by atoms with Gasteiger partial charge in [0.25, 0.3) is 0 Å². The molecule has 0 aliphatic rings. The molecule has 1 aromatic rings. The lowest BCUT2D eigenvalue weighted by Gasteiger charge is -2.06. The number of hydrogen-bond donors (Lipinski definition) is 1. The van der Waals surface area contributed by atoms with Crippen molar-refractivity contribution in [3.8, 4) is 6.07 Å². The highest BCUT2D eigenvalue weighted by atomic mass is 79.9. The molecule has 1 N–H and O–H groups in total. The van der Waals surface area contributed by atoms with E-state index in [2.05, 4.69) is 15.9 Å². The minimum absolute atomic E-state index is 0.0307. The maximum absolute atomic E-state index is 10.9. The molecule has 0 aliphatic heterocycles. The van der Waals surface area contributed by atoms with E-state index in [1.165, 1.54) is 12.1 Å². The van der Waals surface area contributed by atoms with Gasteiger partial charge >= 0.3 is 5.97 Å². The minimum Gasteiger partial charge on any atom is -0.478 e. The van der Waals surface area contributed by atoms with Gasteiger partial charge in [-0.15, -0.1) is 0 Å². The first kappa shape index (κ1) is 11.0. The third-order valence-electron chi connectivity index (χ3n) is 1.72. The van der Waals surface area contributed by atoms with Crippen LogP contribution in [0, 0.1) is 11.3 Å². The van der Waals surface area contributed by atoms with Gasteiger partial charge in [0.15, 0.2) is 0 Å². The van der Waals surface area contributed by atoms with Crippen molar-refractivity contribution in [3.05, 3.63) is 33.8 Å². The number of carboxylic acids is 1. The molecule has 1 rings (SSSR count). The normalized spacial score (nSPS) is 9.50. The van der Waals surface area contributed by atoms with Crippen LogP contribution in [0.3, 0.4) is 0 Å². The predicted molar refractivity (Wildman–Crippen MR) is 55.8 cm³/mol. The van der Waals surface area contributed by atoms with E-state index in [0.717, 1.165) is 0 Å². The molecule has 0 fully saturated rings. The minimum atomic E-state index is -1.14. The van der Waals surface area contributed by atoms with Crippen molar-refractivity contribution in [2.75, 3.05) is 0 Å². The molecule has 0 saturated heterocycles. The molecule has 0 amide bonds. The van der Waals surface area contributed by atoms with Gasteiger partial charge < -0.3 is 5.11 Å². The number of benzene rings is 1. The summed E-state index contributed by atoms with van der Waals surface area (Å²) in [5.74, 6) is -1.14. The van der Waals surface area contributed by atoms with Crippen LogP contribution < -0.4 is 0 Å². The van der Waals surface area contributed by atoms with Gasteiger partial charge in [0.05, 0.1) is 11.1 Å². The van der Waals surface area contributed by atoms with Crippen molar-refractivity contribution in [1.82, 2.24) is 0 Å². The number of carboxylic acid groups (broad SMARTS) is 1. The Morgan fingerprint density at radius 3 is 2.71 bits per heavy atom. The Labute approximate surface area is 94.0 Å². The highest BCUT2D eigenvalue weighted by molar-refractivity contribution is 9.08. The Balaban J connectivity index is 3.54. The van der Waals surface area contributed by atoms with Crippen molar-refractivity contribution < 1.29 is 9.90 Å². The molecule has 5 heteroatoms. The van der Waals surface area contributed by atoms with Crippen LogP contribution in [0.2, 0.25) is 5.02 Å². The number of nitrogens with zero attached hydrogens (tertiary/aromatic N) is 1. The summed E-state index contributed by atoms with van der Waals surface area (Å²) in [6.45, 7) is 0. The van der Waals surface area contributed by atoms with Crippen molar-refractivity contribution in [3.63, 3.8) is 0 Å². The second-order valence-corrected chi connectivity index (χ2v) is 3.47. The first-order valence-corrected chi connectivity index (χ1v) is 5.12. The van der Waals surface area contributed by atoms with Crippen LogP contribution in [0.1, 0.15) is 21.5 Å². The van der Waals surface area contributed by atoms with E-state index in [1.807, 2.05) is 6.07 Å². The topological polar surface area (TPSA) is 61.1 Å². The lowest BCUT2D eigenvalue weighted by molar-refractivity contribution is 0.0695. The molecule has 72 valence electrons. The van der Waals surface area contributed by atoms with Crippen LogP contribution in [0.25, 0.3) is 0 Å². The first-order chi connectivity index (χ1) is 6.61. The van der Waals surface area contributed by atoms with Gasteiger partial charge in [-0.05, 0) is 17.7 Å². The van der Waals surface area contributed by atoms with Gasteiger partial charge in [-0.1, -0.05) is 27.5 Å². The van der Waals surface area contributed by atoms with Crippen LogP contribution in [-0.4, -0.2) is 11.1 Å². The van der Waals surface area contributed by atoms with Gasteiger partial charge in [-0.2, -0.15) is 5.26 Å². The summed E-state index contributed by atoms with van der Waals surface area (Å²) in [6, 6.07) is 4.74. The molecule has 0 heterocycles. The van der Waals surface area contributed by atoms with Crippen molar-refractivity contribution in [2.24, 2.45) is 0 Å². The molecule has 14 heavy (non-hydrogen) atoms. The molecular formula is C9H5BrClNO2. The van der Waals surface area contributed by atoms with E-state index in [-0.39, 0.29) is 11.1 Å². The Morgan fingerprint density at radius 1 is 1.64 bits per heavy atom. The lowest BCUT2D eigenvalue weighted by Crippen LogP contribution is -2.05. The molecule has 3 nitrogen and oxygen atoms in total. The fourth-order valence-corrected chi connectivity index (χ4v) is 2.06. The smallest absolute Gasteiger partial charge is 0.337 e. The fourth-order valence-electron chi connectivity index (χ4n) is 1.09. The van der Waals surface area contributed by atoms with E-state index < -0.39 is 5.97 Å². The zero-order valence-corrected chi connectivity index (χ0v) is 9.26. The summed E-state index contributed by atoms with van der Waals surface area (Å²) in [4.78, 5) is 10.9. The number of carbonyl (C=O) groups is 1. The standard InChI is InChI=1S/C9H5BrClNO2/c10-3-6-7(11)2-1-5(4-12)8(6)9(13)14/h1-2H,3H2,(H,13,14). The summed E-state index contributed by atoms with van der Waals surface area (Å²) in [5, 5.41) is 18.3. The van der Waals surface area contributed by atoms with Crippen molar-refractivity contribution in [1.29, 1.82) is 5.26 Å². The molecule has 0 atom stereocenters. The quantitative estimate of drug-likeness (QED) is 0.844. The fraction of sp³-hybridized carbons (Fsp3) is 0.111. The molecule has 0 saturated carbocycles. The van der Waals surface area contributed by atoms with E-state index >= 15 is 0 Å². The predicted octanol–water partition coefficient (Wildman–Crippen LogP) is 2.80. The summed E-state index contributed by atoms with van der Waals surface area (Å²) in [6.07, 6.45) is 0. The molecular weight excluding hydrogens is 269 g/mol. The average Bonchev–Trinajstić information content (AvgIpc) is 2.17. The number of aromatic carboxylic acids is 1. The second kappa shape index (κ2) is 4.45. The molecule has 0 bridgehead atoms. The van der Waals surface area contributed by atoms with Gasteiger partial charge in [0.2, 0.25) is 0 Å². The molecule has 1 aromatic carbocycles. The summed E-state index contributed by atoms with van der Waals surface area (Å²) in [7, 11) is 0. The highest BCUT2D eigenvalue weighted by Gasteiger charge is 2.17. The molecule has 0 aliphatic carbocycles. The lowest BCUT2D eigenvalue weighted by atomic mass is 10.0. The van der Waals surface area contributed by atoms with Crippen LogP contribution in [0.5, 0.6) is 0 Å². The monoisotopic (exact) mass is 273 g/mol. The van der Waals surface area contributed by atoms with Crippen LogP contribution in [0.4, 0.5) is 0 Å². The van der Waals surface area contributed by atoms with Crippen molar-refractivity contribution >= 4 is 33.5 Å². The van der Waals surface area contributed by atoms with Crippen molar-refractivity contribution in [2.45, 2.75) is 5.33 Å². The largest absolute Gasteiger partial charge is 0.478 e. The maximum Gasteiger partial charge on any atom is 0.337 e. The van der Waals surface area contributed by atoms with Gasteiger partial charge in [0.1, 0.15) is 6.07 Å². The maximum atomic E-state index is 10.9.